The Hall–Kier alpha value is -3.36. The van der Waals surface area contributed by atoms with Gasteiger partial charge in [-0.2, -0.15) is 0 Å². The number of halogens is 1. The third-order valence-corrected chi connectivity index (χ3v) is 7.33. The molecular formula is C26H23ClN2O5S. The first-order valence-corrected chi connectivity index (χ1v) is 12.4. The van der Waals surface area contributed by atoms with Gasteiger partial charge in [0.1, 0.15) is 5.58 Å². The number of ether oxygens (including phenoxy) is 2. The summed E-state index contributed by atoms with van der Waals surface area (Å²) in [5.74, 6) is 0.688. The zero-order valence-corrected chi connectivity index (χ0v) is 21.2. The predicted molar refractivity (Wildman–Crippen MR) is 137 cm³/mol. The van der Waals surface area contributed by atoms with Crippen molar-refractivity contribution in [3.63, 3.8) is 0 Å². The van der Waals surface area contributed by atoms with Crippen LogP contribution in [0.3, 0.4) is 0 Å². The van der Waals surface area contributed by atoms with Crippen LogP contribution in [0.25, 0.3) is 11.0 Å². The number of aromatic nitrogens is 1. The van der Waals surface area contributed by atoms with Crippen LogP contribution in [0.2, 0.25) is 5.02 Å². The smallest absolute Gasteiger partial charge is 0.297 e. The first kappa shape index (κ1) is 23.4. The number of carbonyl (C=O) groups excluding carboxylic acids is 1. The van der Waals surface area contributed by atoms with E-state index in [4.69, 9.17) is 25.5 Å². The lowest BCUT2D eigenvalue weighted by Gasteiger charge is -2.23. The largest absolute Gasteiger partial charge is 0.493 e. The van der Waals surface area contributed by atoms with Crippen molar-refractivity contribution in [3.05, 3.63) is 79.1 Å². The van der Waals surface area contributed by atoms with Crippen LogP contribution in [-0.2, 0) is 0 Å². The molecule has 0 unspecified atom stereocenters. The highest BCUT2D eigenvalue weighted by molar-refractivity contribution is 7.15. The van der Waals surface area contributed by atoms with Crippen molar-refractivity contribution in [3.8, 4) is 11.5 Å². The molecule has 1 atom stereocenters. The van der Waals surface area contributed by atoms with Gasteiger partial charge < -0.3 is 13.9 Å². The van der Waals surface area contributed by atoms with E-state index in [1.54, 1.807) is 37.4 Å². The van der Waals surface area contributed by atoms with Gasteiger partial charge in [0.25, 0.3) is 5.91 Å². The van der Waals surface area contributed by atoms with Gasteiger partial charge in [-0.3, -0.25) is 14.5 Å². The van der Waals surface area contributed by atoms with Crippen molar-refractivity contribution in [2.75, 3.05) is 18.6 Å². The molecule has 7 nitrogen and oxygen atoms in total. The van der Waals surface area contributed by atoms with Crippen molar-refractivity contribution in [2.24, 2.45) is 0 Å². The number of aryl methyl sites for hydroxylation is 2. The normalized spacial score (nSPS) is 15.1. The standard InChI is InChI=1S/C26H23ClN2O5S/c1-5-10-33-19-8-6-15(11-20(19)32-4)22-21-23(30)17-12-16(27)7-9-18(17)34-24(21)25(31)29(22)26-28-13(2)14(3)35-26/h6-9,11-12,22H,5,10H2,1-4H3/t22-/m1/s1. The van der Waals surface area contributed by atoms with Crippen LogP contribution in [-0.4, -0.2) is 24.6 Å². The fourth-order valence-corrected chi connectivity index (χ4v) is 5.31. The maximum atomic E-state index is 13.7. The van der Waals surface area contributed by atoms with E-state index in [2.05, 4.69) is 4.98 Å². The molecule has 0 spiro atoms. The summed E-state index contributed by atoms with van der Waals surface area (Å²) < 4.78 is 17.4. The predicted octanol–water partition coefficient (Wildman–Crippen LogP) is 6.07. The highest BCUT2D eigenvalue weighted by atomic mass is 35.5. The highest BCUT2D eigenvalue weighted by Gasteiger charge is 2.45. The number of benzene rings is 2. The average Bonchev–Trinajstić information content (AvgIpc) is 3.33. The Kier molecular flexibility index (Phi) is 6.02. The fraction of sp³-hybridized carbons (Fsp3) is 0.269. The van der Waals surface area contributed by atoms with E-state index >= 15 is 0 Å². The molecule has 0 N–H and O–H groups in total. The molecule has 0 saturated carbocycles. The molecular weight excluding hydrogens is 488 g/mol. The van der Waals surface area contributed by atoms with Crippen molar-refractivity contribution in [1.29, 1.82) is 0 Å². The highest BCUT2D eigenvalue weighted by Crippen LogP contribution is 2.44. The number of thiazole rings is 1. The van der Waals surface area contributed by atoms with Gasteiger partial charge in [-0.15, -0.1) is 11.3 Å². The Balaban J connectivity index is 1.76. The van der Waals surface area contributed by atoms with E-state index in [1.165, 1.54) is 16.2 Å². The Morgan fingerprint density at radius 2 is 1.94 bits per heavy atom. The second-order valence-electron chi connectivity index (χ2n) is 8.29. The molecule has 4 aromatic rings. The number of nitrogens with zero attached hydrogens (tertiary/aromatic N) is 2. The molecule has 0 bridgehead atoms. The minimum absolute atomic E-state index is 0.00519. The molecule has 3 heterocycles. The van der Waals surface area contributed by atoms with Crippen molar-refractivity contribution < 1.29 is 18.7 Å². The fourth-order valence-electron chi connectivity index (χ4n) is 4.20. The quantitative estimate of drug-likeness (QED) is 0.313. The van der Waals surface area contributed by atoms with Crippen molar-refractivity contribution in [1.82, 2.24) is 4.98 Å². The van der Waals surface area contributed by atoms with Crippen LogP contribution in [0, 0.1) is 13.8 Å². The first-order valence-electron chi connectivity index (χ1n) is 11.2. The first-order chi connectivity index (χ1) is 16.8. The SMILES string of the molecule is CCCOc1ccc([C@@H]2c3c(oc4ccc(Cl)cc4c3=O)C(=O)N2c2nc(C)c(C)s2)cc1OC. The lowest BCUT2D eigenvalue weighted by molar-refractivity contribution is 0.0971. The lowest BCUT2D eigenvalue weighted by atomic mass is 9.98. The number of amides is 1. The number of hydrogen-bond acceptors (Lipinski definition) is 7. The molecule has 5 rings (SSSR count). The number of hydrogen-bond donors (Lipinski definition) is 0. The van der Waals surface area contributed by atoms with Crippen molar-refractivity contribution >= 4 is 44.9 Å². The van der Waals surface area contributed by atoms with Gasteiger partial charge in [-0.05, 0) is 56.2 Å². The molecule has 35 heavy (non-hydrogen) atoms. The van der Waals surface area contributed by atoms with Crippen LogP contribution in [0.1, 0.15) is 51.6 Å². The minimum atomic E-state index is -0.754. The van der Waals surface area contributed by atoms with E-state index in [9.17, 15) is 9.59 Å². The molecule has 1 aliphatic heterocycles. The summed E-state index contributed by atoms with van der Waals surface area (Å²) >= 11 is 7.56. The summed E-state index contributed by atoms with van der Waals surface area (Å²) in [7, 11) is 1.56. The van der Waals surface area contributed by atoms with Crippen LogP contribution in [0.5, 0.6) is 11.5 Å². The summed E-state index contributed by atoms with van der Waals surface area (Å²) in [6.45, 7) is 6.40. The molecule has 180 valence electrons. The molecule has 0 fully saturated rings. The van der Waals surface area contributed by atoms with Crippen molar-refractivity contribution in [2.45, 2.75) is 33.2 Å². The zero-order valence-electron chi connectivity index (χ0n) is 19.7. The average molecular weight is 511 g/mol. The molecule has 9 heteroatoms. The number of fused-ring (bicyclic) bond motifs is 2. The van der Waals surface area contributed by atoms with Gasteiger partial charge in [-0.25, -0.2) is 4.98 Å². The van der Waals surface area contributed by atoms with Gasteiger partial charge in [0.15, 0.2) is 22.1 Å². The lowest BCUT2D eigenvalue weighted by Crippen LogP contribution is -2.29. The van der Waals surface area contributed by atoms with Gasteiger partial charge in [0, 0.05) is 9.90 Å². The monoisotopic (exact) mass is 510 g/mol. The van der Waals surface area contributed by atoms with E-state index in [0.717, 1.165) is 17.0 Å². The minimum Gasteiger partial charge on any atom is -0.493 e. The van der Waals surface area contributed by atoms with Crippen LogP contribution >= 0.6 is 22.9 Å². The maximum absolute atomic E-state index is 13.7. The number of methoxy groups -OCH3 is 1. The van der Waals surface area contributed by atoms with Crippen LogP contribution < -0.4 is 19.8 Å². The van der Waals surface area contributed by atoms with E-state index < -0.39 is 11.9 Å². The second kappa shape index (κ2) is 9.02. The molecule has 2 aromatic heterocycles. The molecule has 0 aliphatic carbocycles. The van der Waals surface area contributed by atoms with Crippen LogP contribution in [0.4, 0.5) is 5.13 Å². The number of rotatable bonds is 6. The Bertz CT molecular complexity index is 1510. The third-order valence-electron chi connectivity index (χ3n) is 6.02. The summed E-state index contributed by atoms with van der Waals surface area (Å²) in [6.07, 6.45) is 0.850. The number of anilines is 1. The summed E-state index contributed by atoms with van der Waals surface area (Å²) in [6, 6.07) is 9.46. The van der Waals surface area contributed by atoms with Gasteiger partial charge in [0.2, 0.25) is 5.76 Å². The topological polar surface area (TPSA) is 81.9 Å². The zero-order chi connectivity index (χ0) is 24.9. The van der Waals surface area contributed by atoms with E-state index in [-0.39, 0.29) is 16.8 Å². The summed E-state index contributed by atoms with van der Waals surface area (Å²) in [4.78, 5) is 34.6. The molecule has 1 aliphatic rings. The Morgan fingerprint density at radius 3 is 2.63 bits per heavy atom. The van der Waals surface area contributed by atoms with Crippen LogP contribution in [0.15, 0.2) is 45.6 Å². The number of carbonyl (C=O) groups is 1. The van der Waals surface area contributed by atoms with Gasteiger partial charge >= 0.3 is 0 Å². The summed E-state index contributed by atoms with van der Waals surface area (Å²) in [5.41, 5.74) is 1.75. The van der Waals surface area contributed by atoms with E-state index in [0.29, 0.717) is 44.8 Å². The van der Waals surface area contributed by atoms with E-state index in [1.807, 2.05) is 26.8 Å². The molecule has 1 amide bonds. The third kappa shape index (κ3) is 3.86. The molecule has 0 radical (unpaired) electrons. The summed E-state index contributed by atoms with van der Waals surface area (Å²) in [5, 5.41) is 1.22. The molecule has 2 aromatic carbocycles. The Labute approximate surface area is 210 Å². The van der Waals surface area contributed by atoms with Gasteiger partial charge in [0.05, 0.1) is 36.4 Å². The van der Waals surface area contributed by atoms with Gasteiger partial charge in [-0.1, -0.05) is 24.6 Å². The molecule has 0 saturated heterocycles. The Morgan fingerprint density at radius 1 is 1.14 bits per heavy atom. The maximum Gasteiger partial charge on any atom is 0.297 e. The second-order valence-corrected chi connectivity index (χ2v) is 9.91.